The molecule has 4 aromatic rings. The van der Waals surface area contributed by atoms with E-state index in [0.717, 1.165) is 22.2 Å². The van der Waals surface area contributed by atoms with E-state index in [-0.39, 0.29) is 22.8 Å². The number of esters is 1. The first kappa shape index (κ1) is 27.6. The van der Waals surface area contributed by atoms with Crippen LogP contribution in [0.5, 0.6) is 0 Å². The number of rotatable bonds is 8. The Hall–Kier alpha value is -3.95. The van der Waals surface area contributed by atoms with E-state index in [0.29, 0.717) is 31.2 Å². The molecule has 1 heterocycles. The molecule has 0 spiro atoms. The Morgan fingerprint density at radius 3 is 2.20 bits per heavy atom. The summed E-state index contributed by atoms with van der Waals surface area (Å²) < 4.78 is 36.4. The average Bonchev–Trinajstić information content (AvgIpc) is 3.32. The van der Waals surface area contributed by atoms with E-state index < -0.39 is 22.0 Å². The number of aromatic nitrogens is 1. The molecule has 0 saturated heterocycles. The van der Waals surface area contributed by atoms with Gasteiger partial charge in [0.15, 0.2) is 6.04 Å². The Morgan fingerprint density at radius 2 is 1.55 bits per heavy atom. The first-order chi connectivity index (χ1) is 19.3. The predicted molar refractivity (Wildman–Crippen MR) is 154 cm³/mol. The summed E-state index contributed by atoms with van der Waals surface area (Å²) in [6, 6.07) is 25.0. The standard InChI is InChI=1S/C31H33N3O5S/c1-34-27(21-9-5-3-6-10-21)19-24-15-18-26(20-28(24)34)40(37,38)33-25-16-13-23(14-17-25)30(35)32-29(31(36)39-2)22-11-7-4-8-12-22/h3-12,15,18-20,23,25,29,33H,13-14,16-17H2,1-2H3,(H,32,35). The third kappa shape index (κ3) is 5.80. The van der Waals surface area contributed by atoms with Gasteiger partial charge >= 0.3 is 5.97 Å². The molecule has 5 rings (SSSR count). The normalized spacial score (nSPS) is 18.2. The third-order valence-corrected chi connectivity index (χ3v) is 9.19. The number of hydrogen-bond donors (Lipinski definition) is 2. The van der Waals surface area contributed by atoms with Crippen molar-refractivity contribution in [1.82, 2.24) is 14.6 Å². The fourth-order valence-electron chi connectivity index (χ4n) is 5.43. The highest BCUT2D eigenvalue weighted by atomic mass is 32.2. The van der Waals surface area contributed by atoms with Crippen molar-refractivity contribution in [2.45, 2.75) is 42.7 Å². The van der Waals surface area contributed by atoms with Crippen LogP contribution < -0.4 is 10.0 Å². The zero-order valence-electron chi connectivity index (χ0n) is 22.5. The number of carbonyl (C=O) groups is 2. The van der Waals surface area contributed by atoms with E-state index in [9.17, 15) is 18.0 Å². The molecule has 1 unspecified atom stereocenters. The number of benzene rings is 3. The lowest BCUT2D eigenvalue weighted by atomic mass is 9.85. The van der Waals surface area contributed by atoms with Crippen LogP contribution in [0.3, 0.4) is 0 Å². The molecule has 2 N–H and O–H groups in total. The van der Waals surface area contributed by atoms with E-state index in [4.69, 9.17) is 4.74 Å². The molecule has 3 aromatic carbocycles. The van der Waals surface area contributed by atoms with Gasteiger partial charge < -0.3 is 14.6 Å². The summed E-state index contributed by atoms with van der Waals surface area (Å²) in [6.07, 6.45) is 2.07. The second-order valence-electron chi connectivity index (χ2n) is 10.2. The molecule has 0 bridgehead atoms. The summed E-state index contributed by atoms with van der Waals surface area (Å²) in [5, 5.41) is 3.79. The van der Waals surface area contributed by atoms with Crippen LogP contribution in [0.2, 0.25) is 0 Å². The largest absolute Gasteiger partial charge is 0.467 e. The second kappa shape index (κ2) is 11.7. The van der Waals surface area contributed by atoms with Crippen molar-refractivity contribution in [3.05, 3.63) is 90.5 Å². The number of nitrogens with zero attached hydrogens (tertiary/aromatic N) is 1. The molecule has 40 heavy (non-hydrogen) atoms. The highest BCUT2D eigenvalue weighted by Gasteiger charge is 2.32. The van der Waals surface area contributed by atoms with Crippen LogP contribution >= 0.6 is 0 Å². The summed E-state index contributed by atoms with van der Waals surface area (Å²) in [5.41, 5.74) is 3.55. The maximum atomic E-state index is 13.3. The van der Waals surface area contributed by atoms with Crippen molar-refractivity contribution in [1.29, 1.82) is 0 Å². The molecule has 1 atom stereocenters. The van der Waals surface area contributed by atoms with Crippen LogP contribution in [0.15, 0.2) is 89.8 Å². The number of hydrogen-bond acceptors (Lipinski definition) is 5. The smallest absolute Gasteiger partial charge is 0.333 e. The van der Waals surface area contributed by atoms with Crippen molar-refractivity contribution in [3.63, 3.8) is 0 Å². The second-order valence-corrected chi connectivity index (χ2v) is 11.9. The Bertz CT molecular complexity index is 1610. The molecule has 1 aliphatic rings. The fourth-order valence-corrected chi connectivity index (χ4v) is 6.75. The number of amides is 1. The molecule has 1 amide bonds. The average molecular weight is 560 g/mol. The highest BCUT2D eigenvalue weighted by Crippen LogP contribution is 2.30. The molecule has 8 nitrogen and oxygen atoms in total. The van der Waals surface area contributed by atoms with Crippen LogP contribution in [0.25, 0.3) is 22.2 Å². The topological polar surface area (TPSA) is 106 Å². The minimum Gasteiger partial charge on any atom is -0.467 e. The monoisotopic (exact) mass is 559 g/mol. The molecule has 1 fully saturated rings. The SMILES string of the molecule is COC(=O)C(NC(=O)C1CCC(NS(=O)(=O)c2ccc3cc(-c4ccccc4)n(C)c3c2)CC1)c1ccccc1. The van der Waals surface area contributed by atoms with E-state index in [1.165, 1.54) is 7.11 Å². The minimum atomic E-state index is -3.76. The van der Waals surface area contributed by atoms with Crippen molar-refractivity contribution >= 4 is 32.8 Å². The molecular weight excluding hydrogens is 526 g/mol. The number of sulfonamides is 1. The van der Waals surface area contributed by atoms with E-state index >= 15 is 0 Å². The van der Waals surface area contributed by atoms with E-state index in [1.807, 2.05) is 54.1 Å². The van der Waals surface area contributed by atoms with Gasteiger partial charge in [0.05, 0.1) is 12.0 Å². The highest BCUT2D eigenvalue weighted by molar-refractivity contribution is 7.89. The van der Waals surface area contributed by atoms with Crippen LogP contribution in [0, 0.1) is 5.92 Å². The lowest BCUT2D eigenvalue weighted by Crippen LogP contribution is -2.42. The van der Waals surface area contributed by atoms with Crippen molar-refractivity contribution < 1.29 is 22.7 Å². The Morgan fingerprint density at radius 1 is 0.900 bits per heavy atom. The van der Waals surface area contributed by atoms with Gasteiger partial charge in [-0.2, -0.15) is 0 Å². The third-order valence-electron chi connectivity index (χ3n) is 7.67. The molecule has 9 heteroatoms. The maximum Gasteiger partial charge on any atom is 0.333 e. The quantitative estimate of drug-likeness (QED) is 0.304. The van der Waals surface area contributed by atoms with Gasteiger partial charge in [-0.15, -0.1) is 0 Å². The number of ether oxygens (including phenoxy) is 1. The zero-order valence-corrected chi connectivity index (χ0v) is 23.4. The number of nitrogens with one attached hydrogen (secondary N) is 2. The predicted octanol–water partition coefficient (Wildman–Crippen LogP) is 4.71. The van der Waals surface area contributed by atoms with Crippen molar-refractivity contribution in [3.8, 4) is 11.3 Å². The van der Waals surface area contributed by atoms with Crippen LogP contribution in [-0.4, -0.2) is 38.0 Å². The van der Waals surface area contributed by atoms with Gasteiger partial charge in [0, 0.05) is 35.6 Å². The van der Waals surface area contributed by atoms with E-state index in [2.05, 4.69) is 16.1 Å². The van der Waals surface area contributed by atoms with Crippen molar-refractivity contribution in [2.24, 2.45) is 13.0 Å². The van der Waals surface area contributed by atoms with Crippen LogP contribution in [0.4, 0.5) is 0 Å². The molecule has 1 saturated carbocycles. The fraction of sp³-hybridized carbons (Fsp3) is 0.290. The first-order valence-corrected chi connectivity index (χ1v) is 14.9. The first-order valence-electron chi connectivity index (χ1n) is 13.4. The van der Waals surface area contributed by atoms with Gasteiger partial charge in [-0.25, -0.2) is 17.9 Å². The number of aryl methyl sites for hydroxylation is 1. The molecule has 0 aliphatic heterocycles. The lowest BCUT2D eigenvalue weighted by molar-refractivity contribution is -0.146. The van der Waals surface area contributed by atoms with Gasteiger partial charge in [0.25, 0.3) is 0 Å². The lowest BCUT2D eigenvalue weighted by Gasteiger charge is -2.29. The summed E-state index contributed by atoms with van der Waals surface area (Å²) in [4.78, 5) is 25.6. The van der Waals surface area contributed by atoms with Crippen LogP contribution in [-0.2, 0) is 31.4 Å². The molecule has 208 valence electrons. The molecule has 1 aromatic heterocycles. The summed E-state index contributed by atoms with van der Waals surface area (Å²) in [7, 11) is -0.531. The summed E-state index contributed by atoms with van der Waals surface area (Å²) in [6.45, 7) is 0. The zero-order chi connectivity index (χ0) is 28.3. The minimum absolute atomic E-state index is 0.212. The van der Waals surface area contributed by atoms with Gasteiger partial charge in [0.2, 0.25) is 15.9 Å². The number of carbonyl (C=O) groups excluding carboxylic acids is 2. The molecule has 0 radical (unpaired) electrons. The van der Waals surface area contributed by atoms with Gasteiger partial charge in [-0.1, -0.05) is 66.7 Å². The van der Waals surface area contributed by atoms with Gasteiger partial charge in [0.1, 0.15) is 0 Å². The van der Waals surface area contributed by atoms with Crippen molar-refractivity contribution in [2.75, 3.05) is 7.11 Å². The Kier molecular flexibility index (Phi) is 8.04. The number of methoxy groups -OCH3 is 1. The van der Waals surface area contributed by atoms with Gasteiger partial charge in [-0.3, -0.25) is 4.79 Å². The van der Waals surface area contributed by atoms with Crippen LogP contribution in [0.1, 0.15) is 37.3 Å². The van der Waals surface area contributed by atoms with E-state index in [1.54, 1.807) is 36.4 Å². The summed E-state index contributed by atoms with van der Waals surface area (Å²) in [5.74, 6) is -1.08. The molecular formula is C31H33N3O5S. The van der Waals surface area contributed by atoms with Gasteiger partial charge in [-0.05, 0) is 55.0 Å². The maximum absolute atomic E-state index is 13.3. The summed E-state index contributed by atoms with van der Waals surface area (Å²) >= 11 is 0. The number of fused-ring (bicyclic) bond motifs is 1. The molecule has 1 aliphatic carbocycles. The Labute approximate surface area is 234 Å². The Balaban J connectivity index is 1.23.